The van der Waals surface area contributed by atoms with Crippen LogP contribution in [0, 0.1) is 16.7 Å². The second kappa shape index (κ2) is 5.83. The van der Waals surface area contributed by atoms with Gasteiger partial charge in [0.25, 0.3) is 0 Å². The lowest BCUT2D eigenvalue weighted by atomic mass is 10.2. The van der Waals surface area contributed by atoms with Crippen LogP contribution in [0.15, 0.2) is 29.4 Å². The lowest BCUT2D eigenvalue weighted by molar-refractivity contribution is -0.121. The number of hydrogen-bond donors (Lipinski definition) is 3. The molecule has 8 heteroatoms. The molecule has 1 aromatic rings. The second-order valence-corrected chi connectivity index (χ2v) is 4.27. The molecule has 0 aliphatic carbocycles. The van der Waals surface area contributed by atoms with E-state index in [-0.39, 0.29) is 30.4 Å². The molecule has 1 aliphatic heterocycles. The highest BCUT2D eigenvalue weighted by Gasteiger charge is 2.30. The second-order valence-electron chi connectivity index (χ2n) is 4.27. The molecule has 1 aromatic carbocycles. The Balaban J connectivity index is 2.23. The van der Waals surface area contributed by atoms with Crippen LogP contribution in [-0.2, 0) is 9.59 Å². The highest BCUT2D eigenvalue weighted by molar-refractivity contribution is 6.45. The average molecular weight is 284 g/mol. The van der Waals surface area contributed by atoms with Gasteiger partial charge in [0.1, 0.15) is 6.07 Å². The van der Waals surface area contributed by atoms with Crippen LogP contribution < -0.4 is 16.1 Å². The van der Waals surface area contributed by atoms with Crippen molar-refractivity contribution in [1.82, 2.24) is 0 Å². The molecule has 0 radical (unpaired) electrons. The summed E-state index contributed by atoms with van der Waals surface area (Å²) in [5, 5.41) is 19.6. The van der Waals surface area contributed by atoms with Crippen molar-refractivity contribution in [2.45, 2.75) is 12.8 Å². The van der Waals surface area contributed by atoms with E-state index >= 15 is 0 Å². The summed E-state index contributed by atoms with van der Waals surface area (Å²) in [6.45, 7) is 0. The molecule has 0 saturated carbocycles. The van der Waals surface area contributed by atoms with E-state index in [0.717, 1.165) is 4.90 Å². The number of nitriles is 1. The summed E-state index contributed by atoms with van der Waals surface area (Å²) in [4.78, 5) is 24.5. The molecule has 1 saturated heterocycles. The molecule has 0 atom stereocenters. The molecule has 0 unspecified atom stereocenters. The van der Waals surface area contributed by atoms with Crippen LogP contribution in [0.2, 0.25) is 0 Å². The largest absolute Gasteiger partial charge is 0.382 e. The fraction of sp³-hybridized carbons (Fsp3) is 0.154. The van der Waals surface area contributed by atoms with E-state index in [1.54, 1.807) is 30.3 Å². The van der Waals surface area contributed by atoms with Crippen LogP contribution in [0.4, 0.5) is 11.4 Å². The summed E-state index contributed by atoms with van der Waals surface area (Å²) in [6, 6.07) is 8.15. The number of hydrazone groups is 1. The molecule has 1 aliphatic rings. The molecule has 2 rings (SSSR count). The molecule has 8 nitrogen and oxygen atoms in total. The Kier molecular flexibility index (Phi) is 3.95. The van der Waals surface area contributed by atoms with E-state index in [1.807, 2.05) is 0 Å². The van der Waals surface area contributed by atoms with Gasteiger partial charge in [-0.25, -0.2) is 0 Å². The van der Waals surface area contributed by atoms with Gasteiger partial charge in [-0.1, -0.05) is 6.07 Å². The van der Waals surface area contributed by atoms with Gasteiger partial charge in [-0.15, -0.1) is 0 Å². The molecule has 106 valence electrons. The Morgan fingerprint density at radius 2 is 2.05 bits per heavy atom. The smallest absolute Gasteiger partial charge is 0.234 e. The Morgan fingerprint density at radius 1 is 1.38 bits per heavy atom. The number of nitrogens with two attached hydrogens (primary N) is 1. The number of amidine groups is 1. The molecular weight excluding hydrogens is 272 g/mol. The maximum atomic E-state index is 11.7. The summed E-state index contributed by atoms with van der Waals surface area (Å²) in [7, 11) is 0. The summed E-state index contributed by atoms with van der Waals surface area (Å²) in [6.07, 6.45) is 0.412. The first kappa shape index (κ1) is 14.2. The van der Waals surface area contributed by atoms with Crippen molar-refractivity contribution >= 4 is 34.7 Å². The highest BCUT2D eigenvalue weighted by Crippen LogP contribution is 2.25. The van der Waals surface area contributed by atoms with Crippen LogP contribution in [-0.4, -0.2) is 23.4 Å². The first-order chi connectivity index (χ1) is 10.0. The van der Waals surface area contributed by atoms with Crippen molar-refractivity contribution in [3.05, 3.63) is 24.3 Å². The van der Waals surface area contributed by atoms with Gasteiger partial charge < -0.3 is 5.73 Å². The van der Waals surface area contributed by atoms with E-state index in [0.29, 0.717) is 11.4 Å². The molecule has 0 aromatic heterocycles. The van der Waals surface area contributed by atoms with Gasteiger partial charge in [-0.2, -0.15) is 10.4 Å². The van der Waals surface area contributed by atoms with Crippen molar-refractivity contribution < 1.29 is 9.59 Å². The standard InChI is InChI=1S/C13H12N6O2/c14-7-10(13(15)16)18-17-8-2-1-3-9(6-8)19-11(20)4-5-12(19)21/h1-3,6,17H,4-5H2,(H3,15,16)/b18-10+. The van der Waals surface area contributed by atoms with Gasteiger partial charge in [-0.05, 0) is 18.2 Å². The summed E-state index contributed by atoms with van der Waals surface area (Å²) in [5.74, 6) is -0.949. The van der Waals surface area contributed by atoms with Gasteiger partial charge in [-0.3, -0.25) is 25.3 Å². The third kappa shape index (κ3) is 3.03. The number of hydrogen-bond acceptors (Lipinski definition) is 6. The molecule has 21 heavy (non-hydrogen) atoms. The third-order valence-electron chi connectivity index (χ3n) is 2.81. The van der Waals surface area contributed by atoms with E-state index in [4.69, 9.17) is 16.4 Å². The number of nitrogens with zero attached hydrogens (tertiary/aromatic N) is 3. The maximum absolute atomic E-state index is 11.7. The fourth-order valence-electron chi connectivity index (χ4n) is 1.84. The molecule has 2 amide bonds. The number of benzene rings is 1. The lowest BCUT2D eigenvalue weighted by Crippen LogP contribution is -2.28. The summed E-state index contributed by atoms with van der Waals surface area (Å²) in [5.41, 5.74) is 8.38. The monoisotopic (exact) mass is 284 g/mol. The SMILES string of the molecule is N#C/C(=N\Nc1cccc(N2C(=O)CCC2=O)c1)C(=N)N. The topological polar surface area (TPSA) is 135 Å². The predicted octanol–water partition coefficient (Wildman–Crippen LogP) is 0.567. The van der Waals surface area contributed by atoms with Crippen molar-refractivity contribution in [2.24, 2.45) is 10.8 Å². The quantitative estimate of drug-likeness (QED) is 0.321. The third-order valence-corrected chi connectivity index (χ3v) is 2.81. The van der Waals surface area contributed by atoms with Crippen molar-refractivity contribution in [2.75, 3.05) is 10.3 Å². The number of imide groups is 1. The molecular formula is C13H12N6O2. The van der Waals surface area contributed by atoms with E-state index in [2.05, 4.69) is 10.5 Å². The number of carbonyl (C=O) groups excluding carboxylic acids is 2. The number of rotatable bonds is 4. The lowest BCUT2D eigenvalue weighted by Gasteiger charge is -2.14. The van der Waals surface area contributed by atoms with Crippen LogP contribution >= 0.6 is 0 Å². The molecule has 1 fully saturated rings. The highest BCUT2D eigenvalue weighted by atomic mass is 16.2. The number of nitrogens with one attached hydrogen (secondary N) is 2. The fourth-order valence-corrected chi connectivity index (χ4v) is 1.84. The van der Waals surface area contributed by atoms with Gasteiger partial charge in [0.05, 0.1) is 11.4 Å². The Labute approximate surface area is 120 Å². The Hall–Kier alpha value is -3.21. The Bertz CT molecular complexity index is 672. The normalized spacial score (nSPS) is 15.0. The van der Waals surface area contributed by atoms with Crippen LogP contribution in [0.25, 0.3) is 0 Å². The van der Waals surface area contributed by atoms with E-state index in [1.165, 1.54) is 0 Å². The zero-order valence-corrected chi connectivity index (χ0v) is 11.0. The maximum Gasteiger partial charge on any atom is 0.234 e. The molecule has 0 bridgehead atoms. The van der Waals surface area contributed by atoms with Gasteiger partial charge in [0, 0.05) is 12.8 Å². The first-order valence-electron chi connectivity index (χ1n) is 6.07. The van der Waals surface area contributed by atoms with Gasteiger partial charge in [0.2, 0.25) is 17.5 Å². The average Bonchev–Trinajstić information content (AvgIpc) is 2.79. The minimum absolute atomic E-state index is 0.206. The summed E-state index contributed by atoms with van der Waals surface area (Å²) >= 11 is 0. The first-order valence-corrected chi connectivity index (χ1v) is 6.07. The van der Waals surface area contributed by atoms with Gasteiger partial charge >= 0.3 is 0 Å². The molecule has 0 spiro atoms. The van der Waals surface area contributed by atoms with Gasteiger partial charge in [0.15, 0.2) is 5.84 Å². The summed E-state index contributed by atoms with van der Waals surface area (Å²) < 4.78 is 0. The minimum Gasteiger partial charge on any atom is -0.382 e. The molecule has 1 heterocycles. The molecule has 4 N–H and O–H groups in total. The predicted molar refractivity (Wildman–Crippen MR) is 76.8 cm³/mol. The van der Waals surface area contributed by atoms with E-state index < -0.39 is 5.84 Å². The van der Waals surface area contributed by atoms with Crippen molar-refractivity contribution in [1.29, 1.82) is 10.7 Å². The Morgan fingerprint density at radius 3 is 2.62 bits per heavy atom. The zero-order valence-electron chi connectivity index (χ0n) is 11.0. The number of carbonyl (C=O) groups is 2. The van der Waals surface area contributed by atoms with Crippen LogP contribution in [0.5, 0.6) is 0 Å². The van der Waals surface area contributed by atoms with Crippen molar-refractivity contribution in [3.8, 4) is 6.07 Å². The zero-order chi connectivity index (χ0) is 15.4. The van der Waals surface area contributed by atoms with Crippen LogP contribution in [0.3, 0.4) is 0 Å². The van der Waals surface area contributed by atoms with E-state index in [9.17, 15) is 9.59 Å². The minimum atomic E-state index is -0.453. The number of anilines is 2. The number of amides is 2. The van der Waals surface area contributed by atoms with Crippen LogP contribution in [0.1, 0.15) is 12.8 Å². The van der Waals surface area contributed by atoms with Crippen molar-refractivity contribution in [3.63, 3.8) is 0 Å².